The van der Waals surface area contributed by atoms with Crippen LogP contribution < -0.4 is 11.1 Å². The number of carbonyl (C=O) groups excluding carboxylic acids is 1. The normalized spacial score (nSPS) is 17.5. The predicted molar refractivity (Wildman–Crippen MR) is 125 cm³/mol. The van der Waals surface area contributed by atoms with Crippen LogP contribution in [0.3, 0.4) is 0 Å². The highest BCUT2D eigenvalue weighted by Crippen LogP contribution is 2.39. The van der Waals surface area contributed by atoms with Crippen molar-refractivity contribution in [3.63, 3.8) is 0 Å². The lowest BCUT2D eigenvalue weighted by atomic mass is 9.77. The molecule has 0 unspecified atom stereocenters. The Morgan fingerprint density at radius 1 is 1.09 bits per heavy atom. The van der Waals surface area contributed by atoms with Crippen LogP contribution in [0.1, 0.15) is 44.4 Å². The van der Waals surface area contributed by atoms with Crippen molar-refractivity contribution >= 4 is 25.0 Å². The molecular formula is C24H28BF3N2O4. The Kier molecular flexibility index (Phi) is 7.33. The van der Waals surface area contributed by atoms with Crippen molar-refractivity contribution in [2.75, 3.05) is 12.3 Å². The Labute approximate surface area is 197 Å². The van der Waals surface area contributed by atoms with Gasteiger partial charge in [0.05, 0.1) is 16.8 Å². The minimum atomic E-state index is -4.55. The number of amides is 1. The van der Waals surface area contributed by atoms with Crippen molar-refractivity contribution in [1.82, 2.24) is 5.32 Å². The van der Waals surface area contributed by atoms with E-state index in [-0.39, 0.29) is 24.4 Å². The summed E-state index contributed by atoms with van der Waals surface area (Å²) in [6, 6.07) is 12.4. The van der Waals surface area contributed by atoms with E-state index in [2.05, 4.69) is 5.32 Å². The molecule has 0 bridgehead atoms. The highest BCUT2D eigenvalue weighted by atomic mass is 19.4. The molecule has 0 saturated carbocycles. The highest BCUT2D eigenvalue weighted by molar-refractivity contribution is 6.56. The van der Waals surface area contributed by atoms with Gasteiger partial charge in [0.15, 0.2) is 0 Å². The first-order valence-electron chi connectivity index (χ1n) is 10.8. The van der Waals surface area contributed by atoms with E-state index >= 15 is 0 Å². The molecule has 2 aromatic carbocycles. The van der Waals surface area contributed by atoms with Gasteiger partial charge >= 0.3 is 19.4 Å². The van der Waals surface area contributed by atoms with E-state index in [1.807, 2.05) is 58.0 Å². The highest BCUT2D eigenvalue weighted by Gasteiger charge is 2.52. The lowest BCUT2D eigenvalue weighted by Crippen LogP contribution is -2.41. The van der Waals surface area contributed by atoms with Crippen LogP contribution in [0.4, 0.5) is 23.7 Å². The third kappa shape index (κ3) is 6.33. The van der Waals surface area contributed by atoms with Crippen LogP contribution in [0.25, 0.3) is 6.08 Å². The molecule has 1 aliphatic rings. The quantitative estimate of drug-likeness (QED) is 0.441. The maximum absolute atomic E-state index is 13.3. The number of alkyl halides is 3. The fourth-order valence-electron chi connectivity index (χ4n) is 3.28. The SMILES string of the molecule is CC1(C)OB(C(=Cc2cc(N)cc(C(F)(F)F)c2)CNC(=O)OCc2ccccc2)OC1(C)C. The molecule has 0 aliphatic carbocycles. The average molecular weight is 476 g/mol. The minimum Gasteiger partial charge on any atom is -0.445 e. The molecule has 1 saturated heterocycles. The van der Waals surface area contributed by atoms with E-state index in [0.717, 1.165) is 17.7 Å². The number of hydrogen-bond acceptors (Lipinski definition) is 5. The molecule has 10 heteroatoms. The predicted octanol–water partition coefficient (Wildman–Crippen LogP) is 5.23. The summed E-state index contributed by atoms with van der Waals surface area (Å²) < 4.78 is 57.1. The second-order valence-corrected chi connectivity index (χ2v) is 9.11. The molecule has 34 heavy (non-hydrogen) atoms. The van der Waals surface area contributed by atoms with Crippen molar-refractivity contribution in [2.45, 2.75) is 51.7 Å². The first kappa shape index (κ1) is 25.6. The van der Waals surface area contributed by atoms with Crippen molar-refractivity contribution < 1.29 is 32.0 Å². The summed E-state index contributed by atoms with van der Waals surface area (Å²) in [5, 5.41) is 2.62. The number of nitrogen functional groups attached to an aromatic ring is 1. The molecule has 0 radical (unpaired) electrons. The van der Waals surface area contributed by atoms with Gasteiger partial charge in [0, 0.05) is 12.2 Å². The monoisotopic (exact) mass is 476 g/mol. The van der Waals surface area contributed by atoms with E-state index in [1.165, 1.54) is 12.1 Å². The summed E-state index contributed by atoms with van der Waals surface area (Å²) >= 11 is 0. The van der Waals surface area contributed by atoms with Gasteiger partial charge in [-0.1, -0.05) is 36.4 Å². The number of hydrogen-bond donors (Lipinski definition) is 2. The average Bonchev–Trinajstić information content (AvgIpc) is 2.96. The molecule has 3 N–H and O–H groups in total. The first-order chi connectivity index (χ1) is 15.8. The summed E-state index contributed by atoms with van der Waals surface area (Å²) in [7, 11) is -0.893. The molecule has 1 fully saturated rings. The van der Waals surface area contributed by atoms with Gasteiger partial charge in [-0.3, -0.25) is 0 Å². The molecule has 1 heterocycles. The molecule has 182 valence electrons. The largest absolute Gasteiger partial charge is 0.492 e. The van der Waals surface area contributed by atoms with Crippen molar-refractivity contribution in [3.05, 3.63) is 70.7 Å². The maximum atomic E-state index is 13.3. The van der Waals surface area contributed by atoms with E-state index in [9.17, 15) is 18.0 Å². The van der Waals surface area contributed by atoms with Crippen LogP contribution in [-0.4, -0.2) is 31.0 Å². The maximum Gasteiger partial charge on any atom is 0.492 e. The fraction of sp³-hybridized carbons (Fsp3) is 0.375. The molecular weight excluding hydrogens is 448 g/mol. The number of benzene rings is 2. The fourth-order valence-corrected chi connectivity index (χ4v) is 3.28. The molecule has 1 amide bonds. The Hall–Kier alpha value is -2.98. The van der Waals surface area contributed by atoms with Crippen LogP contribution in [0.2, 0.25) is 0 Å². The van der Waals surface area contributed by atoms with Crippen LogP contribution in [0.15, 0.2) is 54.0 Å². The van der Waals surface area contributed by atoms with Crippen LogP contribution >= 0.6 is 0 Å². The molecule has 6 nitrogen and oxygen atoms in total. The van der Waals surface area contributed by atoms with E-state index < -0.39 is 36.2 Å². The van der Waals surface area contributed by atoms with E-state index in [1.54, 1.807) is 0 Å². The zero-order chi connectivity index (χ0) is 25.1. The number of ether oxygens (including phenoxy) is 1. The topological polar surface area (TPSA) is 82.8 Å². The lowest BCUT2D eigenvalue weighted by Gasteiger charge is -2.32. The zero-order valence-corrected chi connectivity index (χ0v) is 19.5. The summed E-state index contributed by atoms with van der Waals surface area (Å²) in [5.41, 5.74) is 4.86. The Morgan fingerprint density at radius 3 is 2.29 bits per heavy atom. The Morgan fingerprint density at radius 2 is 1.71 bits per heavy atom. The summed E-state index contributed by atoms with van der Waals surface area (Å²) in [5.74, 6) is 0. The smallest absolute Gasteiger partial charge is 0.445 e. The van der Waals surface area contributed by atoms with Gasteiger partial charge in [0.2, 0.25) is 0 Å². The molecule has 2 aromatic rings. The van der Waals surface area contributed by atoms with Crippen molar-refractivity contribution in [1.29, 1.82) is 0 Å². The van der Waals surface area contributed by atoms with E-state index in [0.29, 0.717) is 5.47 Å². The number of alkyl carbamates (subject to hydrolysis) is 1. The van der Waals surface area contributed by atoms with Gasteiger partial charge in [0.25, 0.3) is 0 Å². The third-order valence-corrected chi connectivity index (χ3v) is 5.86. The second-order valence-electron chi connectivity index (χ2n) is 9.11. The van der Waals surface area contributed by atoms with Gasteiger partial charge in [0.1, 0.15) is 6.61 Å². The third-order valence-electron chi connectivity index (χ3n) is 5.86. The van der Waals surface area contributed by atoms with Crippen LogP contribution in [-0.2, 0) is 26.8 Å². The van der Waals surface area contributed by atoms with Gasteiger partial charge in [-0.05, 0) is 62.5 Å². The molecule has 0 spiro atoms. The van der Waals surface area contributed by atoms with Crippen LogP contribution in [0.5, 0.6) is 0 Å². The van der Waals surface area contributed by atoms with Crippen molar-refractivity contribution in [2.24, 2.45) is 0 Å². The standard InChI is InChI=1S/C24H28BF3N2O4/c1-22(2)23(3,4)34-25(33-22)19(11-17-10-18(24(26,27)28)13-20(29)12-17)14-30-21(31)32-15-16-8-6-5-7-9-16/h5-13H,14-15,29H2,1-4H3,(H,30,31). The van der Waals surface area contributed by atoms with Crippen molar-refractivity contribution in [3.8, 4) is 0 Å². The van der Waals surface area contributed by atoms with Gasteiger partial charge in [-0.25, -0.2) is 4.79 Å². The van der Waals surface area contributed by atoms with E-state index in [4.69, 9.17) is 19.8 Å². The molecule has 3 rings (SSSR count). The second kappa shape index (κ2) is 9.72. The molecule has 0 aromatic heterocycles. The van der Waals surface area contributed by atoms with Gasteiger partial charge < -0.3 is 25.1 Å². The summed E-state index contributed by atoms with van der Waals surface area (Å²) in [4.78, 5) is 12.3. The number of anilines is 1. The first-order valence-corrected chi connectivity index (χ1v) is 10.8. The lowest BCUT2D eigenvalue weighted by molar-refractivity contribution is -0.137. The Balaban J connectivity index is 1.82. The van der Waals surface area contributed by atoms with Gasteiger partial charge in [-0.15, -0.1) is 0 Å². The molecule has 1 aliphatic heterocycles. The summed E-state index contributed by atoms with van der Waals surface area (Å²) in [6.45, 7) is 7.43. The number of rotatable bonds is 6. The molecule has 0 atom stereocenters. The number of nitrogens with two attached hydrogens (primary N) is 1. The number of carbonyl (C=O) groups is 1. The Bertz CT molecular complexity index is 1040. The number of nitrogens with one attached hydrogen (secondary N) is 1. The van der Waals surface area contributed by atoms with Crippen LogP contribution in [0, 0.1) is 0 Å². The van der Waals surface area contributed by atoms with Gasteiger partial charge in [-0.2, -0.15) is 13.2 Å². The zero-order valence-electron chi connectivity index (χ0n) is 19.5. The minimum absolute atomic E-state index is 0.0374. The number of halogens is 3. The summed E-state index contributed by atoms with van der Waals surface area (Å²) in [6.07, 6.45) is -3.76.